The first-order chi connectivity index (χ1) is 27.2. The van der Waals surface area contributed by atoms with E-state index < -0.39 is 0 Å². The van der Waals surface area contributed by atoms with Crippen molar-refractivity contribution in [1.82, 2.24) is 4.90 Å². The Labute approximate surface area is 338 Å². The second-order valence-electron chi connectivity index (χ2n) is 14.6. The number of Topliss-reactive ketones (excluding diaryl/α,β-unsaturated/α-hetero) is 1. The summed E-state index contributed by atoms with van der Waals surface area (Å²) in [6.07, 6.45) is 22.1. The number of carbonyl (C=O) groups is 4. The van der Waals surface area contributed by atoms with Gasteiger partial charge in [-0.25, -0.2) is 0 Å². The summed E-state index contributed by atoms with van der Waals surface area (Å²) in [5.41, 5.74) is 1.03. The third-order valence-corrected chi connectivity index (χ3v) is 8.75. The Morgan fingerprint density at radius 1 is 0.518 bits per heavy atom. The van der Waals surface area contributed by atoms with E-state index in [0.29, 0.717) is 95.8 Å². The standard InChI is InChI=1S/C45H75NO10/c1-5-7-9-11-13-15-17-24-40(47)38-51-28-21-27-45(50)56-33-23-31-53-42-35-39(37-46(3)4)34-41(36-42)52-30-22-32-55-44(49)26-19-20-29-54-43(48)25-18-16-14-12-10-8-6-2/h11,13,34-36H,5-10,12,14-33,37-38H2,1-4H3/b13-11+. The second-order valence-corrected chi connectivity index (χ2v) is 14.6. The fraction of sp³-hybridized carbons (Fsp3) is 0.733. The van der Waals surface area contributed by atoms with Gasteiger partial charge in [-0.1, -0.05) is 77.4 Å². The average Bonchev–Trinajstić information content (AvgIpc) is 3.16. The van der Waals surface area contributed by atoms with Gasteiger partial charge in [-0.2, -0.15) is 0 Å². The molecule has 320 valence electrons. The van der Waals surface area contributed by atoms with Crippen LogP contribution in [0, 0.1) is 0 Å². The molecule has 0 amide bonds. The summed E-state index contributed by atoms with van der Waals surface area (Å²) in [6.45, 7) is 7.11. The van der Waals surface area contributed by atoms with Gasteiger partial charge in [-0.3, -0.25) is 19.2 Å². The molecule has 0 unspecified atom stereocenters. The molecular weight excluding hydrogens is 714 g/mol. The fourth-order valence-electron chi connectivity index (χ4n) is 5.68. The van der Waals surface area contributed by atoms with Gasteiger partial charge in [0, 0.05) is 57.7 Å². The van der Waals surface area contributed by atoms with Crippen molar-refractivity contribution in [2.75, 3.05) is 60.3 Å². The molecule has 1 aromatic rings. The van der Waals surface area contributed by atoms with Crippen LogP contribution in [0.4, 0.5) is 0 Å². The molecule has 0 N–H and O–H groups in total. The quantitative estimate of drug-likeness (QED) is 0.0275. The van der Waals surface area contributed by atoms with Crippen molar-refractivity contribution in [3.63, 3.8) is 0 Å². The van der Waals surface area contributed by atoms with Gasteiger partial charge < -0.3 is 33.3 Å². The van der Waals surface area contributed by atoms with Gasteiger partial charge in [-0.15, -0.1) is 0 Å². The van der Waals surface area contributed by atoms with Crippen molar-refractivity contribution in [3.8, 4) is 11.5 Å². The molecule has 0 spiro atoms. The van der Waals surface area contributed by atoms with E-state index in [1.807, 2.05) is 32.3 Å². The highest BCUT2D eigenvalue weighted by molar-refractivity contribution is 5.79. The van der Waals surface area contributed by atoms with E-state index in [1.54, 1.807) is 0 Å². The lowest BCUT2D eigenvalue weighted by molar-refractivity contribution is -0.145. The van der Waals surface area contributed by atoms with Crippen molar-refractivity contribution in [2.24, 2.45) is 0 Å². The smallest absolute Gasteiger partial charge is 0.305 e. The Bertz CT molecular complexity index is 1200. The molecule has 0 aliphatic rings. The summed E-state index contributed by atoms with van der Waals surface area (Å²) in [7, 11) is 3.98. The maximum Gasteiger partial charge on any atom is 0.305 e. The number of allylic oxidation sites excluding steroid dienone is 2. The number of esters is 3. The molecule has 11 heteroatoms. The van der Waals surface area contributed by atoms with Gasteiger partial charge in [0.05, 0.1) is 33.0 Å². The maximum atomic E-state index is 12.1. The van der Waals surface area contributed by atoms with Crippen LogP contribution < -0.4 is 9.47 Å². The maximum absolute atomic E-state index is 12.1. The van der Waals surface area contributed by atoms with Gasteiger partial charge in [-0.05, 0) is 76.7 Å². The van der Waals surface area contributed by atoms with Crippen molar-refractivity contribution >= 4 is 23.7 Å². The summed E-state index contributed by atoms with van der Waals surface area (Å²) in [5, 5.41) is 0. The first-order valence-electron chi connectivity index (χ1n) is 21.5. The lowest BCUT2D eigenvalue weighted by Crippen LogP contribution is -2.12. The molecular formula is C45H75NO10. The van der Waals surface area contributed by atoms with E-state index in [1.165, 1.54) is 44.9 Å². The largest absolute Gasteiger partial charge is 0.493 e. The molecule has 0 heterocycles. The van der Waals surface area contributed by atoms with Crippen LogP contribution in [0.2, 0.25) is 0 Å². The zero-order chi connectivity index (χ0) is 40.9. The highest BCUT2D eigenvalue weighted by Crippen LogP contribution is 2.24. The number of carbonyl (C=O) groups excluding carboxylic acids is 4. The van der Waals surface area contributed by atoms with Crippen LogP contribution in [0.1, 0.15) is 154 Å². The Kier molecular flexibility index (Phi) is 32.5. The number of ketones is 1. The Hall–Kier alpha value is -3.44. The third-order valence-electron chi connectivity index (χ3n) is 8.75. The average molecular weight is 790 g/mol. The lowest BCUT2D eigenvalue weighted by Gasteiger charge is -2.15. The summed E-state index contributed by atoms with van der Waals surface area (Å²) < 4.78 is 33.4. The summed E-state index contributed by atoms with van der Waals surface area (Å²) in [6, 6.07) is 5.76. The van der Waals surface area contributed by atoms with Gasteiger partial charge in [0.15, 0.2) is 5.78 Å². The van der Waals surface area contributed by atoms with E-state index in [9.17, 15) is 19.2 Å². The molecule has 0 fully saturated rings. The summed E-state index contributed by atoms with van der Waals surface area (Å²) >= 11 is 0. The van der Waals surface area contributed by atoms with E-state index in [4.69, 9.17) is 28.4 Å². The second kappa shape index (κ2) is 35.9. The summed E-state index contributed by atoms with van der Waals surface area (Å²) in [5.74, 6) is 0.702. The van der Waals surface area contributed by atoms with E-state index in [0.717, 1.165) is 37.7 Å². The van der Waals surface area contributed by atoms with Crippen LogP contribution >= 0.6 is 0 Å². The number of hydrogen-bond donors (Lipinski definition) is 0. The van der Waals surface area contributed by atoms with Crippen LogP contribution in [-0.4, -0.2) is 88.9 Å². The number of ether oxygens (including phenoxy) is 6. The number of hydrogen-bond acceptors (Lipinski definition) is 11. The lowest BCUT2D eigenvalue weighted by atomic mass is 10.1. The zero-order valence-corrected chi connectivity index (χ0v) is 35.4. The SMILES string of the molecule is CCCC/C=C/CCCC(=O)COCCCC(=O)OCCCOc1cc(CN(C)C)cc(OCCCOC(=O)CCCCOC(=O)CCCCCCCCC)c1. The first-order valence-corrected chi connectivity index (χ1v) is 21.5. The van der Waals surface area contributed by atoms with Gasteiger partial charge in [0.25, 0.3) is 0 Å². The van der Waals surface area contributed by atoms with Crippen LogP contribution in [0.25, 0.3) is 0 Å². The summed E-state index contributed by atoms with van der Waals surface area (Å²) in [4.78, 5) is 50.2. The van der Waals surface area contributed by atoms with Crippen LogP contribution in [0.5, 0.6) is 11.5 Å². The predicted octanol–water partition coefficient (Wildman–Crippen LogP) is 9.51. The van der Waals surface area contributed by atoms with E-state index in [2.05, 4.69) is 30.9 Å². The van der Waals surface area contributed by atoms with Crippen molar-refractivity contribution in [2.45, 2.75) is 155 Å². The molecule has 56 heavy (non-hydrogen) atoms. The van der Waals surface area contributed by atoms with Crippen molar-refractivity contribution in [1.29, 1.82) is 0 Å². The van der Waals surface area contributed by atoms with Crippen LogP contribution in [0.3, 0.4) is 0 Å². The Morgan fingerprint density at radius 3 is 1.59 bits per heavy atom. The minimum absolute atomic E-state index is 0.0896. The number of benzene rings is 1. The van der Waals surface area contributed by atoms with Gasteiger partial charge in [0.2, 0.25) is 0 Å². The molecule has 0 radical (unpaired) electrons. The fourth-order valence-corrected chi connectivity index (χ4v) is 5.68. The molecule has 0 aliphatic heterocycles. The third kappa shape index (κ3) is 31.7. The molecule has 0 saturated heterocycles. The minimum Gasteiger partial charge on any atom is -0.493 e. The molecule has 0 saturated carbocycles. The first kappa shape index (κ1) is 50.6. The molecule has 0 atom stereocenters. The van der Waals surface area contributed by atoms with Gasteiger partial charge >= 0.3 is 17.9 Å². The minimum atomic E-state index is -0.295. The number of rotatable bonds is 38. The number of unbranched alkanes of at least 4 members (excludes halogenated alkanes) is 10. The van der Waals surface area contributed by atoms with E-state index >= 15 is 0 Å². The molecule has 1 rings (SSSR count). The monoisotopic (exact) mass is 790 g/mol. The van der Waals surface area contributed by atoms with Crippen LogP contribution in [-0.2, 0) is 44.7 Å². The highest BCUT2D eigenvalue weighted by Gasteiger charge is 2.09. The Balaban J connectivity index is 2.18. The zero-order valence-electron chi connectivity index (χ0n) is 35.4. The Morgan fingerprint density at radius 2 is 1.02 bits per heavy atom. The van der Waals surface area contributed by atoms with Crippen LogP contribution in [0.15, 0.2) is 30.4 Å². The number of nitrogens with zero attached hydrogens (tertiary/aromatic N) is 1. The van der Waals surface area contributed by atoms with E-state index in [-0.39, 0.29) is 49.9 Å². The van der Waals surface area contributed by atoms with Crippen molar-refractivity contribution in [3.05, 3.63) is 35.9 Å². The highest BCUT2D eigenvalue weighted by atomic mass is 16.5. The molecule has 0 aromatic heterocycles. The molecule has 1 aromatic carbocycles. The van der Waals surface area contributed by atoms with Gasteiger partial charge in [0.1, 0.15) is 18.1 Å². The molecule has 0 bridgehead atoms. The topological polar surface area (TPSA) is 127 Å². The predicted molar refractivity (Wildman–Crippen MR) is 221 cm³/mol. The molecule has 11 nitrogen and oxygen atoms in total. The molecule has 0 aliphatic carbocycles. The van der Waals surface area contributed by atoms with Crippen molar-refractivity contribution < 1.29 is 47.6 Å². The normalized spacial score (nSPS) is 11.2.